The van der Waals surface area contributed by atoms with E-state index in [0.29, 0.717) is 5.92 Å². The second-order valence-corrected chi connectivity index (χ2v) is 6.76. The van der Waals surface area contributed by atoms with Gasteiger partial charge in [-0.3, -0.25) is 0 Å². The first-order valence-electron chi connectivity index (χ1n) is 6.29. The number of hydrogen-bond donors (Lipinski definition) is 1. The Kier molecular flexibility index (Phi) is 5.39. The SMILES string of the molecule is CNCC(c1ccc(Br)cc1)C1CCCSC1. The fourth-order valence-corrected chi connectivity index (χ4v) is 4.07. The van der Waals surface area contributed by atoms with E-state index in [0.717, 1.165) is 12.5 Å². The third-order valence-electron chi connectivity index (χ3n) is 3.49. The van der Waals surface area contributed by atoms with Crippen molar-refractivity contribution < 1.29 is 0 Å². The Morgan fingerprint density at radius 1 is 1.41 bits per heavy atom. The number of rotatable bonds is 4. The molecule has 1 aromatic rings. The zero-order chi connectivity index (χ0) is 12.1. The highest BCUT2D eigenvalue weighted by Gasteiger charge is 2.24. The van der Waals surface area contributed by atoms with Gasteiger partial charge in [0.05, 0.1) is 0 Å². The Labute approximate surface area is 117 Å². The molecule has 1 aliphatic rings. The summed E-state index contributed by atoms with van der Waals surface area (Å²) in [5, 5.41) is 3.36. The van der Waals surface area contributed by atoms with Gasteiger partial charge in [-0.2, -0.15) is 11.8 Å². The van der Waals surface area contributed by atoms with Gasteiger partial charge in [-0.05, 0) is 60.9 Å². The first-order chi connectivity index (χ1) is 8.31. The lowest BCUT2D eigenvalue weighted by molar-refractivity contribution is 0.413. The molecule has 94 valence electrons. The molecule has 0 bridgehead atoms. The topological polar surface area (TPSA) is 12.0 Å². The summed E-state index contributed by atoms with van der Waals surface area (Å²) in [5.74, 6) is 4.18. The Bertz CT molecular complexity index is 333. The zero-order valence-corrected chi connectivity index (χ0v) is 12.7. The second-order valence-electron chi connectivity index (χ2n) is 4.69. The highest BCUT2D eigenvalue weighted by Crippen LogP contribution is 2.34. The number of nitrogens with one attached hydrogen (secondary N) is 1. The van der Waals surface area contributed by atoms with Gasteiger partial charge in [-0.1, -0.05) is 28.1 Å². The molecule has 2 rings (SSSR count). The molecule has 1 nitrogen and oxygen atoms in total. The Morgan fingerprint density at radius 2 is 2.18 bits per heavy atom. The van der Waals surface area contributed by atoms with E-state index >= 15 is 0 Å². The predicted molar refractivity (Wildman–Crippen MR) is 80.9 cm³/mol. The van der Waals surface area contributed by atoms with Crippen molar-refractivity contribution in [3.05, 3.63) is 34.3 Å². The van der Waals surface area contributed by atoms with Gasteiger partial charge in [-0.25, -0.2) is 0 Å². The van der Waals surface area contributed by atoms with E-state index in [1.54, 1.807) is 0 Å². The fraction of sp³-hybridized carbons (Fsp3) is 0.571. The molecule has 2 atom stereocenters. The second kappa shape index (κ2) is 6.81. The average Bonchev–Trinajstić information content (AvgIpc) is 2.38. The van der Waals surface area contributed by atoms with Crippen LogP contribution in [0.1, 0.15) is 24.3 Å². The van der Waals surface area contributed by atoms with Gasteiger partial charge < -0.3 is 5.32 Å². The van der Waals surface area contributed by atoms with Crippen LogP contribution in [0.25, 0.3) is 0 Å². The maximum absolute atomic E-state index is 3.51. The summed E-state index contributed by atoms with van der Waals surface area (Å²) in [6, 6.07) is 8.86. The average molecular weight is 314 g/mol. The number of thioether (sulfide) groups is 1. The Balaban J connectivity index is 2.12. The molecule has 0 saturated carbocycles. The van der Waals surface area contributed by atoms with Crippen molar-refractivity contribution in [3.8, 4) is 0 Å². The van der Waals surface area contributed by atoms with Crippen LogP contribution in [0.15, 0.2) is 28.7 Å². The minimum atomic E-state index is 0.667. The van der Waals surface area contributed by atoms with Gasteiger partial charge in [0.25, 0.3) is 0 Å². The maximum atomic E-state index is 3.51. The van der Waals surface area contributed by atoms with E-state index in [-0.39, 0.29) is 0 Å². The van der Waals surface area contributed by atoms with Crippen molar-refractivity contribution in [2.75, 3.05) is 25.1 Å². The molecular weight excluding hydrogens is 294 g/mol. The molecule has 17 heavy (non-hydrogen) atoms. The van der Waals surface area contributed by atoms with Crippen molar-refractivity contribution in [1.29, 1.82) is 0 Å². The van der Waals surface area contributed by atoms with E-state index < -0.39 is 0 Å². The molecule has 0 spiro atoms. The summed E-state index contributed by atoms with van der Waals surface area (Å²) in [5.41, 5.74) is 1.48. The number of likely N-dealkylation sites (N-methyl/N-ethyl adjacent to an activating group) is 1. The standard InChI is InChI=1S/C14H20BrNS/c1-16-9-14(12-3-2-8-17-10-12)11-4-6-13(15)7-5-11/h4-7,12,14,16H,2-3,8-10H2,1H3. The maximum Gasteiger partial charge on any atom is 0.0175 e. The fourth-order valence-electron chi connectivity index (χ4n) is 2.57. The van der Waals surface area contributed by atoms with Gasteiger partial charge >= 0.3 is 0 Å². The van der Waals surface area contributed by atoms with Crippen molar-refractivity contribution in [2.45, 2.75) is 18.8 Å². The number of benzene rings is 1. The number of halogens is 1. The molecule has 1 aromatic carbocycles. The zero-order valence-electron chi connectivity index (χ0n) is 10.3. The van der Waals surface area contributed by atoms with Crippen molar-refractivity contribution >= 4 is 27.7 Å². The van der Waals surface area contributed by atoms with Gasteiger partial charge in [0, 0.05) is 11.0 Å². The smallest absolute Gasteiger partial charge is 0.0175 e. The summed E-state index contributed by atoms with van der Waals surface area (Å²) in [7, 11) is 2.06. The lowest BCUT2D eigenvalue weighted by Crippen LogP contribution is -2.27. The highest BCUT2D eigenvalue weighted by molar-refractivity contribution is 9.10. The Hall–Kier alpha value is 0.01000. The van der Waals surface area contributed by atoms with Crippen LogP contribution in [0.4, 0.5) is 0 Å². The van der Waals surface area contributed by atoms with Crippen LogP contribution in [0.2, 0.25) is 0 Å². The Morgan fingerprint density at radius 3 is 2.76 bits per heavy atom. The first kappa shape index (κ1) is 13.4. The van der Waals surface area contributed by atoms with Crippen molar-refractivity contribution in [1.82, 2.24) is 5.32 Å². The third-order valence-corrected chi connectivity index (χ3v) is 5.26. The largest absolute Gasteiger partial charge is 0.319 e. The molecule has 1 saturated heterocycles. The molecule has 0 amide bonds. The molecule has 1 fully saturated rings. The van der Waals surface area contributed by atoms with Crippen LogP contribution >= 0.6 is 27.7 Å². The van der Waals surface area contributed by atoms with Gasteiger partial charge in [-0.15, -0.1) is 0 Å². The predicted octanol–water partition coefficient (Wildman–Crippen LogP) is 3.90. The van der Waals surface area contributed by atoms with Crippen LogP contribution in [0.5, 0.6) is 0 Å². The monoisotopic (exact) mass is 313 g/mol. The lowest BCUT2D eigenvalue weighted by Gasteiger charge is -2.30. The quantitative estimate of drug-likeness (QED) is 0.905. The van der Waals surface area contributed by atoms with Gasteiger partial charge in [0.2, 0.25) is 0 Å². The molecule has 1 N–H and O–H groups in total. The highest BCUT2D eigenvalue weighted by atomic mass is 79.9. The summed E-state index contributed by atoms with van der Waals surface area (Å²) in [4.78, 5) is 0. The minimum absolute atomic E-state index is 0.667. The van der Waals surface area contributed by atoms with Gasteiger partial charge in [0.15, 0.2) is 0 Å². The number of hydrogen-bond acceptors (Lipinski definition) is 2. The van der Waals surface area contributed by atoms with Crippen LogP contribution in [0, 0.1) is 5.92 Å². The van der Waals surface area contributed by atoms with E-state index in [1.165, 1.54) is 34.4 Å². The summed E-state index contributed by atoms with van der Waals surface area (Å²) in [6.07, 6.45) is 2.77. The third kappa shape index (κ3) is 3.73. The van der Waals surface area contributed by atoms with E-state index in [9.17, 15) is 0 Å². The molecule has 1 heterocycles. The van der Waals surface area contributed by atoms with Crippen LogP contribution in [-0.2, 0) is 0 Å². The van der Waals surface area contributed by atoms with Crippen LogP contribution in [-0.4, -0.2) is 25.1 Å². The summed E-state index contributed by atoms with van der Waals surface area (Å²) >= 11 is 5.63. The van der Waals surface area contributed by atoms with Crippen molar-refractivity contribution in [3.63, 3.8) is 0 Å². The first-order valence-corrected chi connectivity index (χ1v) is 8.24. The minimum Gasteiger partial charge on any atom is -0.319 e. The van der Waals surface area contributed by atoms with E-state index in [2.05, 4.69) is 64.3 Å². The molecule has 0 aromatic heterocycles. The van der Waals surface area contributed by atoms with E-state index in [1.807, 2.05) is 0 Å². The summed E-state index contributed by atoms with van der Waals surface area (Å²) < 4.78 is 1.17. The lowest BCUT2D eigenvalue weighted by atomic mass is 9.84. The molecule has 3 heteroatoms. The molecule has 0 radical (unpaired) electrons. The van der Waals surface area contributed by atoms with Crippen molar-refractivity contribution in [2.24, 2.45) is 5.92 Å². The van der Waals surface area contributed by atoms with E-state index in [4.69, 9.17) is 0 Å². The molecule has 0 aliphatic carbocycles. The van der Waals surface area contributed by atoms with Gasteiger partial charge in [0.1, 0.15) is 0 Å². The molecular formula is C14H20BrNS. The van der Waals surface area contributed by atoms with Crippen LogP contribution in [0.3, 0.4) is 0 Å². The van der Waals surface area contributed by atoms with Crippen LogP contribution < -0.4 is 5.32 Å². The molecule has 2 unspecified atom stereocenters. The molecule has 1 aliphatic heterocycles. The normalized spacial score (nSPS) is 22.4. The summed E-state index contributed by atoms with van der Waals surface area (Å²) in [6.45, 7) is 1.09.